The fraction of sp³-hybridized carbons (Fsp3) is 0.412. The molecule has 0 spiro atoms. The van der Waals surface area contributed by atoms with E-state index in [1.165, 1.54) is 0 Å². The van der Waals surface area contributed by atoms with Crippen molar-refractivity contribution < 1.29 is 12.8 Å². The Kier molecular flexibility index (Phi) is 5.49. The molecule has 126 valence electrons. The van der Waals surface area contributed by atoms with E-state index in [0.717, 1.165) is 17.1 Å². The van der Waals surface area contributed by atoms with Crippen LogP contribution in [0.25, 0.3) is 0 Å². The Morgan fingerprint density at radius 2 is 1.78 bits per heavy atom. The number of benzene rings is 1. The van der Waals surface area contributed by atoms with Crippen molar-refractivity contribution in [1.82, 2.24) is 4.72 Å². The van der Waals surface area contributed by atoms with E-state index in [9.17, 15) is 8.42 Å². The minimum absolute atomic E-state index is 0.103. The Morgan fingerprint density at radius 1 is 1.13 bits per heavy atom. The summed E-state index contributed by atoms with van der Waals surface area (Å²) in [5, 5.41) is -0.418. The average molecular weight is 336 g/mol. The Morgan fingerprint density at radius 3 is 2.30 bits per heavy atom. The Bertz CT molecular complexity index is 707. The Labute approximate surface area is 138 Å². The van der Waals surface area contributed by atoms with Crippen molar-refractivity contribution in [3.05, 3.63) is 48.2 Å². The van der Waals surface area contributed by atoms with Crippen molar-refractivity contribution in [3.63, 3.8) is 0 Å². The maximum atomic E-state index is 11.8. The van der Waals surface area contributed by atoms with Crippen molar-refractivity contribution in [2.24, 2.45) is 0 Å². The fourth-order valence-corrected chi connectivity index (χ4v) is 2.96. The number of furan rings is 1. The first-order valence-electron chi connectivity index (χ1n) is 7.67. The number of nitrogens with zero attached hydrogens (tertiary/aromatic N) is 1. The molecule has 0 saturated carbocycles. The molecule has 1 N–H and O–H groups in total. The molecule has 0 saturated heterocycles. The second-order valence-corrected chi connectivity index (χ2v) is 8.27. The van der Waals surface area contributed by atoms with Gasteiger partial charge >= 0.3 is 0 Å². The van der Waals surface area contributed by atoms with Crippen molar-refractivity contribution >= 4 is 21.6 Å². The fourth-order valence-electron chi connectivity index (χ4n) is 2.14. The molecule has 1 unspecified atom stereocenters. The van der Waals surface area contributed by atoms with Gasteiger partial charge in [-0.25, -0.2) is 13.1 Å². The van der Waals surface area contributed by atoms with Gasteiger partial charge < -0.3 is 9.32 Å². The van der Waals surface area contributed by atoms with E-state index in [2.05, 4.69) is 4.72 Å². The number of anilines is 2. The van der Waals surface area contributed by atoms with Crippen LogP contribution in [0.3, 0.4) is 0 Å². The van der Waals surface area contributed by atoms with Crippen LogP contribution in [-0.4, -0.2) is 27.3 Å². The number of sulfonamides is 1. The lowest BCUT2D eigenvalue weighted by atomic mass is 10.0. The van der Waals surface area contributed by atoms with Crippen LogP contribution < -0.4 is 9.62 Å². The Balaban J connectivity index is 2.02. The first kappa shape index (κ1) is 17.6. The smallest absolute Gasteiger partial charge is 0.213 e. The standard InChI is InChI=1S/C17H24N2O3S/c1-13(2)23(20,21)18-12-14(3)15-7-9-16(10-8-15)19(4)17-6-5-11-22-17/h5-11,13-14,18H,12H2,1-4H3. The van der Waals surface area contributed by atoms with Crippen LogP contribution >= 0.6 is 0 Å². The highest BCUT2D eigenvalue weighted by Gasteiger charge is 2.17. The van der Waals surface area contributed by atoms with Crippen molar-refractivity contribution in [3.8, 4) is 0 Å². The maximum absolute atomic E-state index is 11.8. The highest BCUT2D eigenvalue weighted by molar-refractivity contribution is 7.90. The number of hydrogen-bond donors (Lipinski definition) is 1. The molecule has 0 aliphatic carbocycles. The van der Waals surface area contributed by atoms with Gasteiger partial charge in [0.25, 0.3) is 0 Å². The second-order valence-electron chi connectivity index (χ2n) is 5.95. The van der Waals surface area contributed by atoms with Gasteiger partial charge in [-0.3, -0.25) is 0 Å². The van der Waals surface area contributed by atoms with Gasteiger partial charge in [0.15, 0.2) is 5.88 Å². The lowest BCUT2D eigenvalue weighted by molar-refractivity contribution is 0.565. The maximum Gasteiger partial charge on any atom is 0.213 e. The third-order valence-electron chi connectivity index (χ3n) is 3.90. The molecule has 0 aliphatic heterocycles. The molecule has 6 heteroatoms. The summed E-state index contributed by atoms with van der Waals surface area (Å²) in [6.45, 7) is 5.75. The monoisotopic (exact) mass is 336 g/mol. The molecular formula is C17H24N2O3S. The molecule has 2 rings (SSSR count). The highest BCUT2D eigenvalue weighted by Crippen LogP contribution is 2.25. The second kappa shape index (κ2) is 7.19. The molecule has 1 aromatic heterocycles. The summed E-state index contributed by atoms with van der Waals surface area (Å²) in [7, 11) is -1.28. The van der Waals surface area contributed by atoms with E-state index in [1.54, 1.807) is 20.1 Å². The quantitative estimate of drug-likeness (QED) is 0.841. The van der Waals surface area contributed by atoms with E-state index in [-0.39, 0.29) is 5.92 Å². The van der Waals surface area contributed by atoms with E-state index in [1.807, 2.05) is 55.3 Å². The van der Waals surface area contributed by atoms with Crippen LogP contribution in [0.4, 0.5) is 11.6 Å². The normalized spacial score (nSPS) is 13.3. The van der Waals surface area contributed by atoms with E-state index >= 15 is 0 Å². The largest absolute Gasteiger partial charge is 0.448 e. The first-order chi connectivity index (χ1) is 10.8. The molecule has 0 amide bonds. The topological polar surface area (TPSA) is 62.6 Å². The highest BCUT2D eigenvalue weighted by atomic mass is 32.2. The van der Waals surface area contributed by atoms with Gasteiger partial charge in [0.2, 0.25) is 10.0 Å². The molecule has 0 bridgehead atoms. The molecule has 0 radical (unpaired) electrons. The average Bonchev–Trinajstić information content (AvgIpc) is 3.06. The summed E-state index contributed by atoms with van der Waals surface area (Å²) in [6, 6.07) is 11.8. The molecule has 1 atom stereocenters. The number of hydrogen-bond acceptors (Lipinski definition) is 4. The van der Waals surface area contributed by atoms with Crippen LogP contribution in [0.2, 0.25) is 0 Å². The SMILES string of the molecule is CC(CNS(=O)(=O)C(C)C)c1ccc(N(C)c2ccco2)cc1. The summed E-state index contributed by atoms with van der Waals surface area (Å²) >= 11 is 0. The van der Waals surface area contributed by atoms with Gasteiger partial charge in [-0.2, -0.15) is 0 Å². The predicted octanol–water partition coefficient (Wildman–Crippen LogP) is 3.48. The van der Waals surface area contributed by atoms with Crippen LogP contribution in [0.1, 0.15) is 32.3 Å². The lowest BCUT2D eigenvalue weighted by Gasteiger charge is -2.18. The van der Waals surface area contributed by atoms with Crippen LogP contribution in [-0.2, 0) is 10.0 Å². The summed E-state index contributed by atoms with van der Waals surface area (Å²) in [4.78, 5) is 1.95. The molecule has 0 aliphatic rings. The molecule has 23 heavy (non-hydrogen) atoms. The first-order valence-corrected chi connectivity index (χ1v) is 9.21. The third kappa shape index (κ3) is 4.36. The van der Waals surface area contributed by atoms with Gasteiger partial charge in [-0.1, -0.05) is 19.1 Å². The predicted molar refractivity (Wildman–Crippen MR) is 93.7 cm³/mol. The minimum Gasteiger partial charge on any atom is -0.448 e. The molecular weight excluding hydrogens is 312 g/mol. The van der Waals surface area contributed by atoms with Gasteiger partial charge in [0, 0.05) is 25.3 Å². The number of nitrogens with one attached hydrogen (secondary N) is 1. The van der Waals surface area contributed by atoms with Crippen molar-refractivity contribution in [2.45, 2.75) is 31.9 Å². The van der Waals surface area contributed by atoms with Crippen LogP contribution in [0.5, 0.6) is 0 Å². The zero-order valence-corrected chi connectivity index (χ0v) is 14.8. The molecule has 1 aromatic carbocycles. The molecule has 0 fully saturated rings. The van der Waals surface area contributed by atoms with E-state index in [0.29, 0.717) is 6.54 Å². The van der Waals surface area contributed by atoms with Crippen LogP contribution in [0, 0.1) is 0 Å². The lowest BCUT2D eigenvalue weighted by Crippen LogP contribution is -2.33. The van der Waals surface area contributed by atoms with Gasteiger partial charge in [-0.05, 0) is 43.5 Å². The number of rotatable bonds is 7. The van der Waals surface area contributed by atoms with Crippen LogP contribution in [0.15, 0.2) is 47.1 Å². The zero-order valence-electron chi connectivity index (χ0n) is 14.0. The van der Waals surface area contributed by atoms with Gasteiger partial charge in [0.1, 0.15) is 0 Å². The summed E-state index contributed by atoms with van der Waals surface area (Å²) in [6.07, 6.45) is 1.64. The Hall–Kier alpha value is -1.79. The van der Waals surface area contributed by atoms with Gasteiger partial charge in [0.05, 0.1) is 11.5 Å². The molecule has 1 heterocycles. The van der Waals surface area contributed by atoms with Crippen molar-refractivity contribution in [1.29, 1.82) is 0 Å². The van der Waals surface area contributed by atoms with Gasteiger partial charge in [-0.15, -0.1) is 0 Å². The minimum atomic E-state index is -3.22. The molecule has 2 aromatic rings. The molecule has 5 nitrogen and oxygen atoms in total. The van der Waals surface area contributed by atoms with E-state index < -0.39 is 15.3 Å². The summed E-state index contributed by atoms with van der Waals surface area (Å²) in [5.41, 5.74) is 2.10. The summed E-state index contributed by atoms with van der Waals surface area (Å²) < 4.78 is 31.7. The third-order valence-corrected chi connectivity index (χ3v) is 5.71. The van der Waals surface area contributed by atoms with Crippen molar-refractivity contribution in [2.75, 3.05) is 18.5 Å². The van der Waals surface area contributed by atoms with E-state index in [4.69, 9.17) is 4.42 Å². The zero-order chi connectivity index (χ0) is 17.0. The summed E-state index contributed by atoms with van der Waals surface area (Å²) in [5.74, 6) is 0.877.